The molecule has 0 aliphatic rings. The number of amides is 2. The minimum absolute atomic E-state index is 0.160. The molecule has 0 heterocycles. The Morgan fingerprint density at radius 2 is 1.57 bits per heavy atom. The summed E-state index contributed by atoms with van der Waals surface area (Å²) < 4.78 is 27.2. The van der Waals surface area contributed by atoms with Gasteiger partial charge in [0, 0.05) is 24.0 Å². The van der Waals surface area contributed by atoms with E-state index in [1.165, 1.54) is 4.90 Å². The smallest absolute Gasteiger partial charge is 0.244 e. The Bertz CT molecular complexity index is 1330. The molecule has 1 N–H and O–H groups in total. The van der Waals surface area contributed by atoms with Crippen molar-refractivity contribution in [2.45, 2.75) is 32.9 Å². The van der Waals surface area contributed by atoms with Gasteiger partial charge < -0.3 is 10.2 Å². The molecule has 0 unspecified atom stereocenters. The second-order valence-corrected chi connectivity index (χ2v) is 11.5. The van der Waals surface area contributed by atoms with Gasteiger partial charge in [-0.1, -0.05) is 66.7 Å². The summed E-state index contributed by atoms with van der Waals surface area (Å²) in [5, 5.41) is 2.85. The highest BCUT2D eigenvalue weighted by Crippen LogP contribution is 2.28. The summed E-state index contributed by atoms with van der Waals surface area (Å²) in [4.78, 5) is 28.8. The summed E-state index contributed by atoms with van der Waals surface area (Å²) in [6, 6.07) is 23.1. The first-order valence-electron chi connectivity index (χ1n) is 12.0. The summed E-state index contributed by atoms with van der Waals surface area (Å²) in [5.41, 5.74) is 3.10. The van der Waals surface area contributed by atoms with E-state index in [9.17, 15) is 18.0 Å². The van der Waals surface area contributed by atoms with Crippen molar-refractivity contribution in [3.8, 4) is 0 Å². The lowest BCUT2D eigenvalue weighted by atomic mass is 10.0. The van der Waals surface area contributed by atoms with Gasteiger partial charge in [0.25, 0.3) is 0 Å². The third kappa shape index (κ3) is 7.66. The van der Waals surface area contributed by atoms with Crippen LogP contribution in [0.3, 0.4) is 0 Å². The Labute approximate surface area is 227 Å². The van der Waals surface area contributed by atoms with Gasteiger partial charge in [0.2, 0.25) is 21.8 Å². The van der Waals surface area contributed by atoms with Crippen molar-refractivity contribution in [3.05, 3.63) is 100 Å². The van der Waals surface area contributed by atoms with Gasteiger partial charge in [-0.15, -0.1) is 0 Å². The van der Waals surface area contributed by atoms with E-state index in [0.29, 0.717) is 16.7 Å². The number of benzene rings is 3. The van der Waals surface area contributed by atoms with Crippen LogP contribution in [0, 0.1) is 6.92 Å². The zero-order valence-corrected chi connectivity index (χ0v) is 23.6. The zero-order chi connectivity index (χ0) is 27.0. The number of anilines is 1. The number of rotatable bonds is 11. The number of carbonyl (C=O) groups is 2. The number of para-hydroxylation sites is 1. The van der Waals surface area contributed by atoms with E-state index in [2.05, 4.69) is 21.2 Å². The largest absolute Gasteiger partial charge is 0.355 e. The number of likely N-dealkylation sites (N-methyl/N-ethyl adjacent to an activating group) is 1. The van der Waals surface area contributed by atoms with Crippen molar-refractivity contribution in [2.24, 2.45) is 0 Å². The number of nitrogens with one attached hydrogen (secondary N) is 1. The van der Waals surface area contributed by atoms with Crippen LogP contribution >= 0.6 is 15.9 Å². The molecule has 0 saturated carbocycles. The minimum Gasteiger partial charge on any atom is -0.355 e. The van der Waals surface area contributed by atoms with E-state index in [0.717, 1.165) is 27.3 Å². The summed E-state index contributed by atoms with van der Waals surface area (Å²) in [6.45, 7) is 3.89. The first-order chi connectivity index (χ1) is 17.6. The summed E-state index contributed by atoms with van der Waals surface area (Å²) >= 11 is 3.40. The quantitative estimate of drug-likeness (QED) is 0.363. The van der Waals surface area contributed by atoms with E-state index < -0.39 is 28.5 Å². The van der Waals surface area contributed by atoms with Gasteiger partial charge >= 0.3 is 0 Å². The van der Waals surface area contributed by atoms with Gasteiger partial charge in [-0.25, -0.2) is 8.42 Å². The maximum Gasteiger partial charge on any atom is 0.244 e. The van der Waals surface area contributed by atoms with Gasteiger partial charge in [0.05, 0.1) is 11.9 Å². The average molecular weight is 587 g/mol. The molecule has 7 nitrogen and oxygen atoms in total. The molecule has 1 atom stereocenters. The van der Waals surface area contributed by atoms with Crippen LogP contribution in [-0.4, -0.2) is 50.5 Å². The lowest BCUT2D eigenvalue weighted by Crippen LogP contribution is -2.53. The highest BCUT2D eigenvalue weighted by molar-refractivity contribution is 9.10. The average Bonchev–Trinajstić information content (AvgIpc) is 2.86. The van der Waals surface area contributed by atoms with Crippen LogP contribution in [0.15, 0.2) is 83.3 Å². The second-order valence-electron chi connectivity index (χ2n) is 8.77. The molecule has 0 fully saturated rings. The molecule has 0 aromatic heterocycles. The molecule has 0 bridgehead atoms. The van der Waals surface area contributed by atoms with Gasteiger partial charge in [-0.3, -0.25) is 13.9 Å². The molecule has 196 valence electrons. The summed E-state index contributed by atoms with van der Waals surface area (Å²) in [7, 11) is -3.81. The fourth-order valence-electron chi connectivity index (χ4n) is 4.07. The van der Waals surface area contributed by atoms with Crippen LogP contribution < -0.4 is 9.62 Å². The standard InChI is InChI=1S/C28H32BrN3O4S/c1-4-30-28(34)26(18-22-13-6-5-7-14-22)31(19-23-15-9-8-12-21(23)2)27(33)20-32(37(3,35)36)25-17-11-10-16-24(25)29/h5-17,26H,4,18-20H2,1-3H3,(H,30,34)/t26-/m0/s1. The maximum atomic E-state index is 14.0. The predicted molar refractivity (Wildman–Crippen MR) is 151 cm³/mol. The van der Waals surface area contributed by atoms with Crippen LogP contribution in [-0.2, 0) is 32.6 Å². The van der Waals surface area contributed by atoms with Crippen molar-refractivity contribution in [1.82, 2.24) is 10.2 Å². The maximum absolute atomic E-state index is 14.0. The molecular formula is C28H32BrN3O4S. The Hall–Kier alpha value is -3.17. The van der Waals surface area contributed by atoms with Gasteiger partial charge in [-0.05, 0) is 58.6 Å². The van der Waals surface area contributed by atoms with E-state index in [4.69, 9.17) is 0 Å². The Balaban J connectivity index is 2.06. The third-order valence-corrected chi connectivity index (χ3v) is 7.82. The molecule has 9 heteroatoms. The molecule has 0 spiro atoms. The molecule has 0 aliphatic heterocycles. The molecule has 3 rings (SSSR count). The van der Waals surface area contributed by atoms with Gasteiger partial charge in [-0.2, -0.15) is 0 Å². The number of aryl methyl sites for hydroxylation is 1. The van der Waals surface area contributed by atoms with E-state index in [1.54, 1.807) is 24.3 Å². The molecular weight excluding hydrogens is 554 g/mol. The lowest BCUT2D eigenvalue weighted by Gasteiger charge is -2.34. The third-order valence-electron chi connectivity index (χ3n) is 6.02. The van der Waals surface area contributed by atoms with Crippen molar-refractivity contribution >= 4 is 43.5 Å². The molecule has 3 aromatic rings. The summed E-state index contributed by atoms with van der Waals surface area (Å²) in [5.74, 6) is -0.767. The van der Waals surface area contributed by atoms with Crippen molar-refractivity contribution in [1.29, 1.82) is 0 Å². The number of carbonyl (C=O) groups excluding carboxylic acids is 2. The lowest BCUT2D eigenvalue weighted by molar-refractivity contribution is -0.140. The fourth-order valence-corrected chi connectivity index (χ4v) is 5.54. The topological polar surface area (TPSA) is 86.8 Å². The number of hydrogen-bond donors (Lipinski definition) is 1. The fraction of sp³-hybridized carbons (Fsp3) is 0.286. The summed E-state index contributed by atoms with van der Waals surface area (Å²) in [6.07, 6.45) is 1.36. The SMILES string of the molecule is CCNC(=O)[C@H](Cc1ccccc1)N(Cc1ccccc1C)C(=O)CN(c1ccccc1Br)S(C)(=O)=O. The Kier molecular flexibility index (Phi) is 9.88. The van der Waals surface area contributed by atoms with Crippen molar-refractivity contribution in [3.63, 3.8) is 0 Å². The molecule has 0 radical (unpaired) electrons. The number of hydrogen-bond acceptors (Lipinski definition) is 4. The highest BCUT2D eigenvalue weighted by atomic mass is 79.9. The first-order valence-corrected chi connectivity index (χ1v) is 14.6. The highest BCUT2D eigenvalue weighted by Gasteiger charge is 2.33. The van der Waals surface area contributed by atoms with Crippen LogP contribution in [0.5, 0.6) is 0 Å². The first kappa shape index (κ1) is 28.4. The van der Waals surface area contributed by atoms with E-state index in [-0.39, 0.29) is 18.9 Å². The number of sulfonamides is 1. The van der Waals surface area contributed by atoms with Crippen molar-refractivity contribution < 1.29 is 18.0 Å². The molecule has 0 saturated heterocycles. The Morgan fingerprint density at radius 1 is 0.946 bits per heavy atom. The molecule has 37 heavy (non-hydrogen) atoms. The monoisotopic (exact) mass is 585 g/mol. The van der Waals surface area contributed by atoms with Crippen LogP contribution in [0.4, 0.5) is 5.69 Å². The second kappa shape index (κ2) is 12.9. The van der Waals surface area contributed by atoms with Gasteiger partial charge in [0.1, 0.15) is 12.6 Å². The predicted octanol–water partition coefficient (Wildman–Crippen LogP) is 4.30. The van der Waals surface area contributed by atoms with Crippen LogP contribution in [0.2, 0.25) is 0 Å². The van der Waals surface area contributed by atoms with Crippen LogP contribution in [0.25, 0.3) is 0 Å². The molecule has 0 aliphatic carbocycles. The number of halogens is 1. The van der Waals surface area contributed by atoms with Crippen LogP contribution in [0.1, 0.15) is 23.6 Å². The minimum atomic E-state index is -3.81. The molecule has 2 amide bonds. The van der Waals surface area contributed by atoms with E-state index >= 15 is 0 Å². The van der Waals surface area contributed by atoms with Crippen molar-refractivity contribution in [2.75, 3.05) is 23.7 Å². The number of nitrogens with zero attached hydrogens (tertiary/aromatic N) is 2. The zero-order valence-electron chi connectivity index (χ0n) is 21.2. The Morgan fingerprint density at radius 3 is 2.19 bits per heavy atom. The normalized spacial score (nSPS) is 12.0. The van der Waals surface area contributed by atoms with Gasteiger partial charge in [0.15, 0.2) is 0 Å². The molecule has 3 aromatic carbocycles. The van der Waals surface area contributed by atoms with E-state index in [1.807, 2.05) is 68.4 Å².